The molecule has 0 bridgehead atoms. The third kappa shape index (κ3) is 2.53. The second-order valence-electron chi connectivity index (χ2n) is 3.57. The van der Waals surface area contributed by atoms with Gasteiger partial charge in [-0.05, 0) is 43.0 Å². The van der Waals surface area contributed by atoms with E-state index in [9.17, 15) is 5.11 Å². The fraction of sp³-hybridized carbons (Fsp3) is 0.385. The van der Waals surface area contributed by atoms with Crippen molar-refractivity contribution in [2.24, 2.45) is 0 Å². The van der Waals surface area contributed by atoms with Gasteiger partial charge in [0.1, 0.15) is 5.75 Å². The van der Waals surface area contributed by atoms with Crippen LogP contribution in [-0.2, 0) is 0 Å². The van der Waals surface area contributed by atoms with Gasteiger partial charge < -0.3 is 5.11 Å². The molecule has 1 rings (SSSR count). The van der Waals surface area contributed by atoms with E-state index in [1.54, 1.807) is 12.1 Å². The van der Waals surface area contributed by atoms with Crippen molar-refractivity contribution in [2.45, 2.75) is 33.1 Å². The van der Waals surface area contributed by atoms with E-state index >= 15 is 0 Å². The van der Waals surface area contributed by atoms with Crippen LogP contribution in [0.5, 0.6) is 5.75 Å². The molecule has 0 saturated carbocycles. The Morgan fingerprint density at radius 2 is 2.14 bits per heavy atom. The van der Waals surface area contributed by atoms with Crippen molar-refractivity contribution < 1.29 is 5.11 Å². The van der Waals surface area contributed by atoms with Crippen LogP contribution in [0.2, 0.25) is 0 Å². The van der Waals surface area contributed by atoms with Gasteiger partial charge in [0.05, 0.1) is 0 Å². The minimum atomic E-state index is 0.333. The molecular weight excluding hydrogens is 172 g/mol. The first-order valence-electron chi connectivity index (χ1n) is 4.84. The van der Waals surface area contributed by atoms with E-state index in [-0.39, 0.29) is 0 Å². The number of rotatable bonds is 2. The average Bonchev–Trinajstić information content (AvgIpc) is 2.14. The highest BCUT2D eigenvalue weighted by molar-refractivity contribution is 5.36. The third-order valence-electron chi connectivity index (χ3n) is 2.37. The van der Waals surface area contributed by atoms with Crippen molar-refractivity contribution in [3.63, 3.8) is 0 Å². The molecule has 0 spiro atoms. The van der Waals surface area contributed by atoms with Crippen LogP contribution < -0.4 is 0 Å². The molecule has 1 heteroatoms. The molecule has 0 fully saturated rings. The lowest BCUT2D eigenvalue weighted by atomic mass is 9.94. The van der Waals surface area contributed by atoms with Gasteiger partial charge in [0, 0.05) is 6.42 Å². The van der Waals surface area contributed by atoms with Gasteiger partial charge in [0.15, 0.2) is 0 Å². The Hall–Kier alpha value is -1.42. The van der Waals surface area contributed by atoms with Crippen LogP contribution >= 0.6 is 0 Å². The lowest BCUT2D eigenvalue weighted by molar-refractivity contribution is 0.474. The fourth-order valence-electron chi connectivity index (χ4n) is 1.58. The van der Waals surface area contributed by atoms with Crippen LogP contribution in [0.3, 0.4) is 0 Å². The fourth-order valence-corrected chi connectivity index (χ4v) is 1.58. The molecule has 0 aliphatic carbocycles. The Labute approximate surface area is 85.8 Å². The van der Waals surface area contributed by atoms with Crippen molar-refractivity contribution in [2.75, 3.05) is 0 Å². The highest BCUT2D eigenvalue weighted by Crippen LogP contribution is 2.24. The maximum Gasteiger partial charge on any atom is 0.115 e. The van der Waals surface area contributed by atoms with E-state index in [1.807, 2.05) is 19.9 Å². The van der Waals surface area contributed by atoms with E-state index in [1.165, 1.54) is 5.56 Å². The first kappa shape index (κ1) is 10.7. The molecule has 1 aromatic rings. The maximum absolute atomic E-state index is 9.27. The number of benzene rings is 1. The SMILES string of the molecule is CC#CCC(C)c1ccc(O)cc1C. The number of phenols is 1. The largest absolute Gasteiger partial charge is 0.508 e. The Balaban J connectivity index is 2.88. The predicted molar refractivity (Wildman–Crippen MR) is 59.3 cm³/mol. The van der Waals surface area contributed by atoms with Crippen LogP contribution in [0.4, 0.5) is 0 Å². The molecule has 0 aliphatic heterocycles. The lowest BCUT2D eigenvalue weighted by Gasteiger charge is -2.11. The number of phenolic OH excluding ortho intramolecular Hbond substituents is 1. The van der Waals surface area contributed by atoms with E-state index in [4.69, 9.17) is 0 Å². The minimum Gasteiger partial charge on any atom is -0.508 e. The topological polar surface area (TPSA) is 20.2 Å². The first-order valence-corrected chi connectivity index (χ1v) is 4.84. The van der Waals surface area contributed by atoms with Gasteiger partial charge in [-0.3, -0.25) is 0 Å². The Bertz CT molecular complexity index is 369. The monoisotopic (exact) mass is 188 g/mol. The minimum absolute atomic E-state index is 0.333. The molecule has 74 valence electrons. The second kappa shape index (κ2) is 4.72. The molecular formula is C13H16O. The van der Waals surface area contributed by atoms with Gasteiger partial charge in [0.2, 0.25) is 0 Å². The summed E-state index contributed by atoms with van der Waals surface area (Å²) in [5, 5.41) is 9.27. The van der Waals surface area contributed by atoms with E-state index in [0.29, 0.717) is 11.7 Å². The van der Waals surface area contributed by atoms with Crippen molar-refractivity contribution in [1.29, 1.82) is 0 Å². The molecule has 1 atom stereocenters. The summed E-state index contributed by atoms with van der Waals surface area (Å²) in [4.78, 5) is 0. The summed E-state index contributed by atoms with van der Waals surface area (Å²) in [5.74, 6) is 6.74. The lowest BCUT2D eigenvalue weighted by Crippen LogP contribution is -1.95. The van der Waals surface area contributed by atoms with Gasteiger partial charge in [-0.25, -0.2) is 0 Å². The van der Waals surface area contributed by atoms with E-state index in [2.05, 4.69) is 18.8 Å². The molecule has 14 heavy (non-hydrogen) atoms. The van der Waals surface area contributed by atoms with Crippen molar-refractivity contribution in [3.8, 4) is 17.6 Å². The average molecular weight is 188 g/mol. The number of aromatic hydroxyl groups is 1. The first-order chi connectivity index (χ1) is 6.65. The molecule has 0 aromatic heterocycles. The molecule has 1 N–H and O–H groups in total. The summed E-state index contributed by atoms with van der Waals surface area (Å²) < 4.78 is 0. The van der Waals surface area contributed by atoms with Crippen molar-refractivity contribution >= 4 is 0 Å². The molecule has 0 amide bonds. The second-order valence-corrected chi connectivity index (χ2v) is 3.57. The number of hydrogen-bond acceptors (Lipinski definition) is 1. The Morgan fingerprint density at radius 1 is 1.43 bits per heavy atom. The summed E-state index contributed by atoms with van der Waals surface area (Å²) in [7, 11) is 0. The van der Waals surface area contributed by atoms with Crippen LogP contribution in [0.25, 0.3) is 0 Å². The van der Waals surface area contributed by atoms with Gasteiger partial charge in [-0.1, -0.05) is 13.0 Å². The molecule has 0 radical (unpaired) electrons. The zero-order valence-electron chi connectivity index (χ0n) is 8.96. The summed E-state index contributed by atoms with van der Waals surface area (Å²) in [6.45, 7) is 6.03. The maximum atomic E-state index is 9.27. The number of hydrogen-bond donors (Lipinski definition) is 1. The molecule has 1 unspecified atom stereocenters. The molecule has 0 heterocycles. The van der Waals surface area contributed by atoms with E-state index < -0.39 is 0 Å². The zero-order valence-corrected chi connectivity index (χ0v) is 8.96. The highest BCUT2D eigenvalue weighted by Gasteiger charge is 2.07. The molecule has 1 aromatic carbocycles. The van der Waals surface area contributed by atoms with Gasteiger partial charge >= 0.3 is 0 Å². The molecule has 1 nitrogen and oxygen atoms in total. The Morgan fingerprint density at radius 3 is 2.71 bits per heavy atom. The van der Waals surface area contributed by atoms with Gasteiger partial charge in [0.25, 0.3) is 0 Å². The van der Waals surface area contributed by atoms with Crippen LogP contribution in [0.15, 0.2) is 18.2 Å². The van der Waals surface area contributed by atoms with E-state index in [0.717, 1.165) is 12.0 Å². The van der Waals surface area contributed by atoms with Gasteiger partial charge in [-0.2, -0.15) is 0 Å². The Kier molecular flexibility index (Phi) is 3.59. The predicted octanol–water partition coefficient (Wildman–Crippen LogP) is 3.22. The van der Waals surface area contributed by atoms with Crippen molar-refractivity contribution in [3.05, 3.63) is 29.3 Å². The van der Waals surface area contributed by atoms with Crippen LogP contribution in [0.1, 0.15) is 37.3 Å². The summed E-state index contributed by atoms with van der Waals surface area (Å²) in [6, 6.07) is 5.51. The van der Waals surface area contributed by atoms with Crippen LogP contribution in [0, 0.1) is 18.8 Å². The van der Waals surface area contributed by atoms with Gasteiger partial charge in [-0.15, -0.1) is 11.8 Å². The molecule has 0 saturated heterocycles. The normalized spacial score (nSPS) is 11.6. The summed E-state index contributed by atoms with van der Waals surface area (Å²) >= 11 is 0. The molecule has 0 aliphatic rings. The third-order valence-corrected chi connectivity index (χ3v) is 2.37. The van der Waals surface area contributed by atoms with Crippen molar-refractivity contribution in [1.82, 2.24) is 0 Å². The summed E-state index contributed by atoms with van der Waals surface area (Å²) in [6.07, 6.45) is 0.877. The quantitative estimate of drug-likeness (QED) is 0.706. The van der Waals surface area contributed by atoms with Crippen LogP contribution in [-0.4, -0.2) is 5.11 Å². The number of aryl methyl sites for hydroxylation is 1. The smallest absolute Gasteiger partial charge is 0.115 e. The standard InChI is InChI=1S/C13H16O/c1-4-5-6-10(2)13-8-7-12(14)9-11(13)3/h7-10,14H,6H2,1-3H3. The zero-order chi connectivity index (χ0) is 10.6. The highest BCUT2D eigenvalue weighted by atomic mass is 16.3. The summed E-state index contributed by atoms with van der Waals surface area (Å²) in [5.41, 5.74) is 2.40.